The van der Waals surface area contributed by atoms with E-state index in [9.17, 15) is 0 Å². The molecule has 2 aromatic carbocycles. The number of rotatable bonds is 4. The van der Waals surface area contributed by atoms with Crippen molar-refractivity contribution in [3.05, 3.63) is 59.7 Å². The van der Waals surface area contributed by atoms with Crippen molar-refractivity contribution in [3.63, 3.8) is 0 Å². The fourth-order valence-electron chi connectivity index (χ4n) is 2.12. The van der Waals surface area contributed by atoms with Crippen LogP contribution in [0.4, 0.5) is 0 Å². The Bertz CT molecular complexity index is 684. The van der Waals surface area contributed by atoms with Gasteiger partial charge in [-0.3, -0.25) is 0 Å². The van der Waals surface area contributed by atoms with Gasteiger partial charge in [0.25, 0.3) is 0 Å². The number of allylic oxidation sites excluding steroid dienone is 2. The highest BCUT2D eigenvalue weighted by Gasteiger charge is 2.08. The van der Waals surface area contributed by atoms with E-state index in [1.54, 1.807) is 14.2 Å². The van der Waals surface area contributed by atoms with Crippen LogP contribution in [0.25, 0.3) is 11.1 Å². The van der Waals surface area contributed by atoms with Crippen LogP contribution in [-0.2, 0) is 0 Å². The average Bonchev–Trinajstić information content (AvgIpc) is 2.60. The molecule has 0 unspecified atom stereocenters. The van der Waals surface area contributed by atoms with E-state index in [1.165, 1.54) is 0 Å². The van der Waals surface area contributed by atoms with Crippen LogP contribution in [0.15, 0.2) is 48.5 Å². The SMILES string of the molecule is C#C/C(=C(/C#C)c1ccc(OC)cc1)c1ccc(OC)cc1. The number of ether oxygens (including phenoxy) is 2. The molecule has 22 heavy (non-hydrogen) atoms. The minimum absolute atomic E-state index is 0.676. The van der Waals surface area contributed by atoms with E-state index in [2.05, 4.69) is 11.8 Å². The third-order valence-electron chi connectivity index (χ3n) is 3.30. The molecule has 0 aliphatic carbocycles. The molecule has 0 N–H and O–H groups in total. The van der Waals surface area contributed by atoms with Gasteiger partial charge in [0.2, 0.25) is 0 Å². The first-order valence-electron chi connectivity index (χ1n) is 6.69. The summed E-state index contributed by atoms with van der Waals surface area (Å²) in [6, 6.07) is 15.0. The van der Waals surface area contributed by atoms with Crippen LogP contribution in [0.5, 0.6) is 11.5 Å². The van der Waals surface area contributed by atoms with Gasteiger partial charge in [0.05, 0.1) is 14.2 Å². The normalized spacial score (nSPS) is 10.9. The highest BCUT2D eigenvalue weighted by molar-refractivity contribution is 6.03. The highest BCUT2D eigenvalue weighted by atomic mass is 16.5. The molecule has 0 saturated heterocycles. The van der Waals surface area contributed by atoms with E-state index < -0.39 is 0 Å². The summed E-state index contributed by atoms with van der Waals surface area (Å²) < 4.78 is 10.3. The summed E-state index contributed by atoms with van der Waals surface area (Å²) in [6.07, 6.45) is 11.4. The molecule has 0 bridgehead atoms. The minimum Gasteiger partial charge on any atom is -0.497 e. The molecular weight excluding hydrogens is 272 g/mol. The molecule has 0 saturated carbocycles. The predicted octanol–water partition coefficient (Wildman–Crippen LogP) is 3.88. The zero-order valence-corrected chi connectivity index (χ0v) is 12.6. The Hall–Kier alpha value is -3.10. The number of hydrogen-bond acceptors (Lipinski definition) is 2. The van der Waals surface area contributed by atoms with Gasteiger partial charge in [-0.15, -0.1) is 12.8 Å². The van der Waals surface area contributed by atoms with Crippen LogP contribution in [0.2, 0.25) is 0 Å². The second kappa shape index (κ2) is 7.07. The molecule has 0 heterocycles. The lowest BCUT2D eigenvalue weighted by Gasteiger charge is -2.08. The number of methoxy groups -OCH3 is 2. The fourth-order valence-corrected chi connectivity index (χ4v) is 2.12. The number of hydrogen-bond donors (Lipinski definition) is 0. The maximum absolute atomic E-state index is 5.69. The molecule has 0 spiro atoms. The van der Waals surface area contributed by atoms with Gasteiger partial charge in [-0.25, -0.2) is 0 Å². The Morgan fingerprint density at radius 3 is 1.23 bits per heavy atom. The molecule has 0 aliphatic heterocycles. The van der Waals surface area contributed by atoms with E-state index in [4.69, 9.17) is 22.3 Å². The van der Waals surface area contributed by atoms with Crippen LogP contribution in [0.1, 0.15) is 11.1 Å². The van der Waals surface area contributed by atoms with E-state index in [0.29, 0.717) is 11.1 Å². The van der Waals surface area contributed by atoms with Crippen molar-refractivity contribution in [2.24, 2.45) is 0 Å². The predicted molar refractivity (Wildman–Crippen MR) is 90.5 cm³/mol. The first kappa shape index (κ1) is 15.3. The van der Waals surface area contributed by atoms with E-state index in [1.807, 2.05) is 48.5 Å². The second-order valence-electron chi connectivity index (χ2n) is 4.50. The molecule has 0 amide bonds. The van der Waals surface area contributed by atoms with Crippen LogP contribution < -0.4 is 9.47 Å². The zero-order valence-electron chi connectivity index (χ0n) is 12.6. The Morgan fingerprint density at radius 1 is 0.682 bits per heavy atom. The largest absolute Gasteiger partial charge is 0.497 e. The first-order chi connectivity index (χ1) is 10.7. The summed E-state index contributed by atoms with van der Waals surface area (Å²) in [5.74, 6) is 6.94. The van der Waals surface area contributed by atoms with E-state index in [-0.39, 0.29) is 0 Å². The molecule has 108 valence electrons. The van der Waals surface area contributed by atoms with Gasteiger partial charge in [0.1, 0.15) is 11.5 Å². The van der Waals surface area contributed by atoms with Crippen molar-refractivity contribution in [2.75, 3.05) is 14.2 Å². The monoisotopic (exact) mass is 288 g/mol. The lowest BCUT2D eigenvalue weighted by atomic mass is 9.95. The van der Waals surface area contributed by atoms with Crippen LogP contribution >= 0.6 is 0 Å². The molecule has 0 radical (unpaired) electrons. The first-order valence-corrected chi connectivity index (χ1v) is 6.69. The molecular formula is C20H16O2. The van der Waals surface area contributed by atoms with Gasteiger partial charge >= 0.3 is 0 Å². The van der Waals surface area contributed by atoms with E-state index >= 15 is 0 Å². The maximum Gasteiger partial charge on any atom is 0.118 e. The highest BCUT2D eigenvalue weighted by Crippen LogP contribution is 2.27. The van der Waals surface area contributed by atoms with Gasteiger partial charge in [0, 0.05) is 11.1 Å². The molecule has 2 aromatic rings. The summed E-state index contributed by atoms with van der Waals surface area (Å²) in [5, 5.41) is 0. The summed E-state index contributed by atoms with van der Waals surface area (Å²) >= 11 is 0. The number of benzene rings is 2. The van der Waals surface area contributed by atoms with Gasteiger partial charge < -0.3 is 9.47 Å². The third kappa shape index (κ3) is 3.14. The minimum atomic E-state index is 0.676. The van der Waals surface area contributed by atoms with Gasteiger partial charge in [-0.1, -0.05) is 36.1 Å². The smallest absolute Gasteiger partial charge is 0.118 e. The number of terminal acetylenes is 2. The van der Waals surface area contributed by atoms with Crippen molar-refractivity contribution < 1.29 is 9.47 Å². The molecule has 0 aliphatic rings. The summed E-state index contributed by atoms with van der Waals surface area (Å²) in [6.45, 7) is 0. The summed E-state index contributed by atoms with van der Waals surface area (Å²) in [7, 11) is 3.24. The molecule has 2 nitrogen and oxygen atoms in total. The Labute approximate surface area is 131 Å². The van der Waals surface area contributed by atoms with Gasteiger partial charge in [-0.05, 0) is 35.4 Å². The van der Waals surface area contributed by atoms with Crippen LogP contribution in [0.3, 0.4) is 0 Å². The second-order valence-corrected chi connectivity index (χ2v) is 4.50. The Balaban J connectivity index is 2.52. The van der Waals surface area contributed by atoms with E-state index in [0.717, 1.165) is 22.6 Å². The Morgan fingerprint density at radius 2 is 1.00 bits per heavy atom. The van der Waals surface area contributed by atoms with Crippen molar-refractivity contribution >= 4 is 11.1 Å². The molecule has 2 rings (SSSR count). The fraction of sp³-hybridized carbons (Fsp3) is 0.100. The molecule has 0 aromatic heterocycles. The average molecular weight is 288 g/mol. The lowest BCUT2D eigenvalue weighted by Crippen LogP contribution is -1.91. The quantitative estimate of drug-likeness (QED) is 0.628. The van der Waals surface area contributed by atoms with Crippen LogP contribution in [-0.4, -0.2) is 14.2 Å². The zero-order chi connectivity index (χ0) is 15.9. The molecule has 0 atom stereocenters. The van der Waals surface area contributed by atoms with Crippen molar-refractivity contribution in [1.82, 2.24) is 0 Å². The van der Waals surface area contributed by atoms with Gasteiger partial charge in [0.15, 0.2) is 0 Å². The molecule has 0 fully saturated rings. The summed E-state index contributed by atoms with van der Waals surface area (Å²) in [4.78, 5) is 0. The lowest BCUT2D eigenvalue weighted by molar-refractivity contribution is 0.414. The molecule has 2 heteroatoms. The van der Waals surface area contributed by atoms with Crippen molar-refractivity contribution in [3.8, 4) is 36.2 Å². The standard InChI is InChI=1S/C20H16O2/c1-5-19(15-7-11-17(21-3)12-8-15)20(6-2)16-9-13-18(22-4)14-10-16/h1-2,7-14H,3-4H3/b20-19+. The maximum atomic E-state index is 5.69. The van der Waals surface area contributed by atoms with Crippen molar-refractivity contribution in [2.45, 2.75) is 0 Å². The van der Waals surface area contributed by atoms with Gasteiger partial charge in [-0.2, -0.15) is 0 Å². The van der Waals surface area contributed by atoms with Crippen molar-refractivity contribution in [1.29, 1.82) is 0 Å². The van der Waals surface area contributed by atoms with Crippen LogP contribution in [0, 0.1) is 24.7 Å². The third-order valence-corrected chi connectivity index (χ3v) is 3.30. The Kier molecular flexibility index (Phi) is 4.91. The topological polar surface area (TPSA) is 18.5 Å². The summed E-state index contributed by atoms with van der Waals surface area (Å²) in [5.41, 5.74) is 3.12.